The van der Waals surface area contributed by atoms with Crippen LogP contribution in [-0.2, 0) is 0 Å². The minimum Gasteiger partial charge on any atom is -0.386 e. The maximum atomic E-state index is 9.75. The van der Waals surface area contributed by atoms with Crippen LogP contribution in [0.15, 0.2) is 33.8 Å². The molecule has 0 aliphatic carbocycles. The molecule has 0 aromatic heterocycles. The van der Waals surface area contributed by atoms with E-state index in [1.54, 1.807) is 19.9 Å². The van der Waals surface area contributed by atoms with E-state index >= 15 is 0 Å². The third kappa shape index (κ3) is 4.65. The van der Waals surface area contributed by atoms with Gasteiger partial charge in [-0.25, -0.2) is 0 Å². The van der Waals surface area contributed by atoms with Gasteiger partial charge in [-0.2, -0.15) is 0 Å². The number of rotatable bonds is 3. The van der Waals surface area contributed by atoms with Gasteiger partial charge in [-0.1, -0.05) is 40.2 Å². The Balaban J connectivity index is 4.94. The van der Waals surface area contributed by atoms with Crippen molar-refractivity contribution in [1.29, 1.82) is 0 Å². The first-order chi connectivity index (χ1) is 5.79. The summed E-state index contributed by atoms with van der Waals surface area (Å²) in [6.07, 6.45) is 3.50. The molecule has 0 bridgehead atoms. The zero-order chi connectivity index (χ0) is 10.6. The van der Waals surface area contributed by atoms with Gasteiger partial charge >= 0.3 is 0 Å². The highest BCUT2D eigenvalue weighted by atomic mass is 79.9. The second kappa shape index (κ2) is 4.99. The fraction of sp³-hybridized carbons (Fsp3) is 0.400. The molecule has 0 aromatic carbocycles. The molecule has 0 heterocycles. The van der Waals surface area contributed by atoms with Crippen LogP contribution in [0, 0.1) is 0 Å². The first kappa shape index (κ1) is 12.9. The first-order valence-corrected chi connectivity index (χ1v) is 5.07. The second-order valence-corrected chi connectivity index (χ2v) is 4.54. The molecule has 3 heteroatoms. The van der Waals surface area contributed by atoms with Gasteiger partial charge in [0.25, 0.3) is 0 Å². The van der Waals surface area contributed by atoms with E-state index in [0.717, 1.165) is 10.1 Å². The molecule has 0 unspecified atom stereocenters. The maximum absolute atomic E-state index is 9.75. The third-order valence-corrected chi connectivity index (χ3v) is 2.25. The molecule has 13 heavy (non-hydrogen) atoms. The Labute approximate surface area is 92.9 Å². The summed E-state index contributed by atoms with van der Waals surface area (Å²) in [7, 11) is 0. The standard InChI is InChI=1S/C10H14BrClO/c1-5-8(10(3,4)13)9(11)6-7(2)12/h5-6,13H,2H2,1,3-4H3/b8-5+,9-6+. The number of aliphatic hydroxyl groups is 1. The van der Waals surface area contributed by atoms with Gasteiger partial charge in [-0.3, -0.25) is 0 Å². The molecular weight excluding hydrogens is 251 g/mol. The predicted molar refractivity (Wildman–Crippen MR) is 62.1 cm³/mol. The van der Waals surface area contributed by atoms with Gasteiger partial charge in [-0.05, 0) is 32.4 Å². The molecule has 0 aliphatic heterocycles. The van der Waals surface area contributed by atoms with Crippen molar-refractivity contribution in [3.05, 3.63) is 33.8 Å². The predicted octanol–water partition coefficient (Wildman–Crippen LogP) is 3.73. The molecule has 0 radical (unpaired) electrons. The Kier molecular flexibility index (Phi) is 4.97. The molecule has 0 aliphatic rings. The average molecular weight is 266 g/mol. The van der Waals surface area contributed by atoms with Crippen LogP contribution < -0.4 is 0 Å². The van der Waals surface area contributed by atoms with Crippen LogP contribution in [0.1, 0.15) is 20.8 Å². The summed E-state index contributed by atoms with van der Waals surface area (Å²) in [6, 6.07) is 0. The lowest BCUT2D eigenvalue weighted by molar-refractivity contribution is 0.123. The van der Waals surface area contributed by atoms with E-state index in [1.165, 1.54) is 0 Å². The minimum absolute atomic E-state index is 0.426. The fourth-order valence-electron chi connectivity index (χ4n) is 0.999. The van der Waals surface area contributed by atoms with Gasteiger partial charge in [0.2, 0.25) is 0 Å². The van der Waals surface area contributed by atoms with Gasteiger partial charge in [0, 0.05) is 9.51 Å². The monoisotopic (exact) mass is 264 g/mol. The van der Waals surface area contributed by atoms with Gasteiger partial charge in [0.15, 0.2) is 0 Å². The van der Waals surface area contributed by atoms with Crippen LogP contribution in [0.2, 0.25) is 0 Å². The summed E-state index contributed by atoms with van der Waals surface area (Å²) in [5.74, 6) is 0. The fourth-order valence-corrected chi connectivity index (χ4v) is 2.23. The molecule has 74 valence electrons. The molecule has 0 atom stereocenters. The van der Waals surface area contributed by atoms with E-state index in [1.807, 2.05) is 13.0 Å². The number of hydrogen-bond acceptors (Lipinski definition) is 1. The number of halogens is 2. The molecule has 0 amide bonds. The van der Waals surface area contributed by atoms with Crippen LogP contribution in [-0.4, -0.2) is 10.7 Å². The lowest BCUT2D eigenvalue weighted by Crippen LogP contribution is -2.21. The van der Waals surface area contributed by atoms with E-state index in [-0.39, 0.29) is 0 Å². The van der Waals surface area contributed by atoms with Crippen molar-refractivity contribution in [2.24, 2.45) is 0 Å². The smallest absolute Gasteiger partial charge is 0.0848 e. The van der Waals surface area contributed by atoms with E-state index in [0.29, 0.717) is 5.03 Å². The van der Waals surface area contributed by atoms with Gasteiger partial charge in [0.1, 0.15) is 0 Å². The summed E-state index contributed by atoms with van der Waals surface area (Å²) in [5.41, 5.74) is -0.0922. The Bertz CT molecular complexity index is 259. The Morgan fingerprint density at radius 1 is 1.54 bits per heavy atom. The molecular formula is C10H14BrClO. The normalized spacial score (nSPS) is 14.6. The summed E-state index contributed by atoms with van der Waals surface area (Å²) >= 11 is 8.94. The lowest BCUT2D eigenvalue weighted by atomic mass is 9.97. The zero-order valence-electron chi connectivity index (χ0n) is 8.06. The highest BCUT2D eigenvalue weighted by molar-refractivity contribution is 9.12. The van der Waals surface area contributed by atoms with Crippen molar-refractivity contribution < 1.29 is 5.11 Å². The van der Waals surface area contributed by atoms with Crippen molar-refractivity contribution in [1.82, 2.24) is 0 Å². The van der Waals surface area contributed by atoms with Crippen LogP contribution in [0.25, 0.3) is 0 Å². The molecule has 0 aromatic rings. The zero-order valence-corrected chi connectivity index (χ0v) is 10.4. The Morgan fingerprint density at radius 3 is 2.23 bits per heavy atom. The average Bonchev–Trinajstić information content (AvgIpc) is 1.82. The topological polar surface area (TPSA) is 20.2 Å². The van der Waals surface area contributed by atoms with E-state index in [4.69, 9.17) is 11.6 Å². The molecule has 0 spiro atoms. The van der Waals surface area contributed by atoms with Crippen molar-refractivity contribution in [3.8, 4) is 0 Å². The van der Waals surface area contributed by atoms with Crippen molar-refractivity contribution in [2.75, 3.05) is 0 Å². The first-order valence-electron chi connectivity index (χ1n) is 3.90. The largest absolute Gasteiger partial charge is 0.386 e. The quantitative estimate of drug-likeness (QED) is 0.771. The minimum atomic E-state index is -0.879. The molecule has 0 rings (SSSR count). The highest BCUT2D eigenvalue weighted by Gasteiger charge is 2.20. The van der Waals surface area contributed by atoms with Gasteiger partial charge < -0.3 is 5.11 Å². The van der Waals surface area contributed by atoms with Crippen molar-refractivity contribution in [2.45, 2.75) is 26.4 Å². The van der Waals surface area contributed by atoms with E-state index < -0.39 is 5.60 Å². The lowest BCUT2D eigenvalue weighted by Gasteiger charge is -2.21. The van der Waals surface area contributed by atoms with E-state index in [2.05, 4.69) is 22.5 Å². The van der Waals surface area contributed by atoms with Crippen LogP contribution >= 0.6 is 27.5 Å². The van der Waals surface area contributed by atoms with Crippen molar-refractivity contribution >= 4 is 27.5 Å². The second-order valence-electron chi connectivity index (χ2n) is 3.20. The summed E-state index contributed by atoms with van der Waals surface area (Å²) < 4.78 is 0.752. The molecule has 1 nitrogen and oxygen atoms in total. The SMILES string of the molecule is C=C(Cl)/C=C(Br)\C(=C/C)C(C)(C)O. The van der Waals surface area contributed by atoms with E-state index in [9.17, 15) is 5.11 Å². The Hall–Kier alpha value is -0.0500. The van der Waals surface area contributed by atoms with Crippen LogP contribution in [0.3, 0.4) is 0 Å². The number of hydrogen-bond donors (Lipinski definition) is 1. The van der Waals surface area contributed by atoms with Gasteiger partial charge in [0.05, 0.1) is 5.60 Å². The molecule has 0 saturated heterocycles. The molecule has 1 N–H and O–H groups in total. The van der Waals surface area contributed by atoms with Crippen LogP contribution in [0.5, 0.6) is 0 Å². The summed E-state index contributed by atoms with van der Waals surface area (Å²) in [5, 5.41) is 10.2. The maximum Gasteiger partial charge on any atom is 0.0848 e. The highest BCUT2D eigenvalue weighted by Crippen LogP contribution is 2.28. The van der Waals surface area contributed by atoms with Crippen LogP contribution in [0.4, 0.5) is 0 Å². The van der Waals surface area contributed by atoms with Gasteiger partial charge in [-0.15, -0.1) is 0 Å². The number of allylic oxidation sites excluding steroid dienone is 3. The van der Waals surface area contributed by atoms with Crippen molar-refractivity contribution in [3.63, 3.8) is 0 Å². The molecule has 0 fully saturated rings. The summed E-state index contributed by atoms with van der Waals surface area (Å²) in [6.45, 7) is 8.84. The Morgan fingerprint density at radius 2 is 2.00 bits per heavy atom. The third-order valence-electron chi connectivity index (χ3n) is 1.49. The summed E-state index contributed by atoms with van der Waals surface area (Å²) in [4.78, 5) is 0. The molecule has 0 saturated carbocycles.